The Bertz CT molecular complexity index is 1240. The van der Waals surface area contributed by atoms with Gasteiger partial charge in [0.25, 0.3) is 0 Å². The number of aromatic nitrogens is 3. The summed E-state index contributed by atoms with van der Waals surface area (Å²) in [5.41, 5.74) is 3.80. The van der Waals surface area contributed by atoms with Crippen LogP contribution in [0.25, 0.3) is 17.1 Å². The Morgan fingerprint density at radius 3 is 2.48 bits per heavy atom. The quantitative estimate of drug-likeness (QED) is 0.329. The molecular formula is C25H24N4O2S2. The fraction of sp³-hybridized carbons (Fsp3) is 0.160. The van der Waals surface area contributed by atoms with Gasteiger partial charge in [0.2, 0.25) is 5.91 Å². The highest BCUT2D eigenvalue weighted by atomic mass is 32.2. The summed E-state index contributed by atoms with van der Waals surface area (Å²) < 4.78 is 7.25. The van der Waals surface area contributed by atoms with E-state index in [2.05, 4.69) is 15.5 Å². The maximum absolute atomic E-state index is 12.6. The summed E-state index contributed by atoms with van der Waals surface area (Å²) in [6, 6.07) is 23.7. The van der Waals surface area contributed by atoms with Gasteiger partial charge in [-0.15, -0.1) is 22.0 Å². The van der Waals surface area contributed by atoms with Gasteiger partial charge < -0.3 is 10.1 Å². The van der Waals surface area contributed by atoms with Gasteiger partial charge in [-0.25, -0.2) is 0 Å². The predicted octanol–water partition coefficient (Wildman–Crippen LogP) is 5.70. The summed E-state index contributed by atoms with van der Waals surface area (Å²) >= 11 is 2.99. The zero-order chi connectivity index (χ0) is 23.2. The number of aryl methyl sites for hydroxylation is 1. The van der Waals surface area contributed by atoms with Crippen LogP contribution in [0.15, 0.2) is 82.8 Å². The monoisotopic (exact) mass is 476 g/mol. The minimum absolute atomic E-state index is 0.0947. The molecule has 6 nitrogen and oxygen atoms in total. The van der Waals surface area contributed by atoms with Gasteiger partial charge in [-0.05, 0) is 67.8 Å². The van der Waals surface area contributed by atoms with E-state index in [1.807, 2.05) is 90.5 Å². The molecule has 4 rings (SSSR count). The van der Waals surface area contributed by atoms with E-state index in [9.17, 15) is 4.79 Å². The van der Waals surface area contributed by atoms with Crippen LogP contribution < -0.4 is 10.1 Å². The summed E-state index contributed by atoms with van der Waals surface area (Å²) in [6.07, 6.45) is 2.01. The first kappa shape index (κ1) is 22.9. The second kappa shape index (κ2) is 10.6. The third kappa shape index (κ3) is 5.58. The largest absolute Gasteiger partial charge is 0.497 e. The molecule has 0 aliphatic carbocycles. The van der Waals surface area contributed by atoms with Gasteiger partial charge in [-0.3, -0.25) is 9.36 Å². The number of methoxy groups -OCH3 is 1. The van der Waals surface area contributed by atoms with Crippen molar-refractivity contribution >= 4 is 35.1 Å². The highest BCUT2D eigenvalue weighted by molar-refractivity contribution is 7.99. The van der Waals surface area contributed by atoms with Crippen LogP contribution in [0.2, 0.25) is 0 Å². The minimum Gasteiger partial charge on any atom is -0.497 e. The third-order valence-electron chi connectivity index (χ3n) is 4.96. The van der Waals surface area contributed by atoms with E-state index in [1.165, 1.54) is 17.3 Å². The lowest BCUT2D eigenvalue weighted by Crippen LogP contribution is -2.14. The van der Waals surface area contributed by atoms with Gasteiger partial charge >= 0.3 is 0 Å². The number of ether oxygens (including phenoxy) is 1. The van der Waals surface area contributed by atoms with Crippen molar-refractivity contribution in [2.75, 3.05) is 24.4 Å². The van der Waals surface area contributed by atoms with Gasteiger partial charge in [0, 0.05) is 21.8 Å². The van der Waals surface area contributed by atoms with Crippen LogP contribution in [0.4, 0.5) is 5.69 Å². The van der Waals surface area contributed by atoms with Crippen LogP contribution in [0, 0.1) is 6.92 Å². The van der Waals surface area contributed by atoms with E-state index < -0.39 is 0 Å². The second-order valence-electron chi connectivity index (χ2n) is 7.27. The number of hydrogen-bond acceptors (Lipinski definition) is 6. The zero-order valence-electron chi connectivity index (χ0n) is 18.6. The lowest BCUT2D eigenvalue weighted by atomic mass is 10.2. The molecule has 0 aliphatic rings. The van der Waals surface area contributed by atoms with E-state index in [0.717, 1.165) is 27.6 Å². The molecule has 33 heavy (non-hydrogen) atoms. The van der Waals surface area contributed by atoms with Crippen molar-refractivity contribution in [1.82, 2.24) is 14.8 Å². The number of anilines is 1. The molecule has 1 heterocycles. The van der Waals surface area contributed by atoms with Crippen molar-refractivity contribution < 1.29 is 9.53 Å². The van der Waals surface area contributed by atoms with E-state index in [4.69, 9.17) is 4.74 Å². The first-order valence-corrected chi connectivity index (χ1v) is 12.5. The number of hydrogen-bond donors (Lipinski definition) is 1. The summed E-state index contributed by atoms with van der Waals surface area (Å²) in [5, 5.41) is 12.5. The molecular weight excluding hydrogens is 452 g/mol. The minimum atomic E-state index is -0.0947. The molecule has 0 saturated carbocycles. The fourth-order valence-corrected chi connectivity index (χ4v) is 4.46. The molecule has 8 heteroatoms. The standard InChI is InChI=1S/C25H24N4O2S2/c1-17-7-11-20(12-8-17)29-24(18-9-13-21(31-2)14-10-18)27-28-25(29)33-16-23(30)26-19-5-4-6-22(15-19)32-3/h4-15H,16H2,1-3H3,(H,26,30). The smallest absolute Gasteiger partial charge is 0.234 e. The van der Waals surface area contributed by atoms with Crippen LogP contribution in [0.5, 0.6) is 5.75 Å². The lowest BCUT2D eigenvalue weighted by molar-refractivity contribution is -0.113. The highest BCUT2D eigenvalue weighted by Gasteiger charge is 2.17. The van der Waals surface area contributed by atoms with Crippen molar-refractivity contribution in [3.05, 3.63) is 78.4 Å². The molecule has 0 bridgehead atoms. The number of nitrogens with zero attached hydrogens (tertiary/aromatic N) is 3. The number of nitrogens with one attached hydrogen (secondary N) is 1. The topological polar surface area (TPSA) is 69.0 Å². The lowest BCUT2D eigenvalue weighted by Gasteiger charge is -2.11. The first-order valence-electron chi connectivity index (χ1n) is 10.3. The predicted molar refractivity (Wildman–Crippen MR) is 136 cm³/mol. The van der Waals surface area contributed by atoms with Gasteiger partial charge in [0.1, 0.15) is 5.75 Å². The van der Waals surface area contributed by atoms with E-state index in [1.54, 1.807) is 18.9 Å². The van der Waals surface area contributed by atoms with Gasteiger partial charge in [0.15, 0.2) is 11.0 Å². The molecule has 3 aromatic carbocycles. The molecule has 1 N–H and O–H groups in total. The number of rotatable bonds is 8. The van der Waals surface area contributed by atoms with Gasteiger partial charge in [-0.2, -0.15) is 0 Å². The van der Waals surface area contributed by atoms with Crippen LogP contribution >= 0.6 is 23.5 Å². The molecule has 0 fully saturated rings. The SMILES string of the molecule is COc1ccc(-c2nnc(SCC(=O)Nc3cccc(SC)c3)n2-c2ccc(C)cc2)cc1. The second-order valence-corrected chi connectivity index (χ2v) is 9.10. The summed E-state index contributed by atoms with van der Waals surface area (Å²) in [7, 11) is 1.64. The zero-order valence-corrected chi connectivity index (χ0v) is 20.2. The molecule has 0 aliphatic heterocycles. The van der Waals surface area contributed by atoms with Crippen LogP contribution in [-0.4, -0.2) is 39.8 Å². The first-order chi connectivity index (χ1) is 16.1. The molecule has 168 valence electrons. The Labute approximate surface area is 201 Å². The number of benzene rings is 3. The number of carbonyl (C=O) groups excluding carboxylic acids is 1. The normalized spacial score (nSPS) is 10.8. The van der Waals surface area contributed by atoms with Crippen molar-refractivity contribution in [1.29, 1.82) is 0 Å². The Hall–Kier alpha value is -3.23. The van der Waals surface area contributed by atoms with E-state index in [-0.39, 0.29) is 11.7 Å². The van der Waals surface area contributed by atoms with Crippen molar-refractivity contribution in [2.24, 2.45) is 0 Å². The molecule has 0 unspecified atom stereocenters. The Balaban J connectivity index is 1.58. The Kier molecular flexibility index (Phi) is 7.36. The van der Waals surface area contributed by atoms with Gasteiger partial charge in [0.05, 0.1) is 12.9 Å². The Morgan fingerprint density at radius 2 is 1.79 bits per heavy atom. The third-order valence-corrected chi connectivity index (χ3v) is 6.61. The average Bonchev–Trinajstić information content (AvgIpc) is 3.27. The van der Waals surface area contributed by atoms with Crippen LogP contribution in [-0.2, 0) is 4.79 Å². The molecule has 1 amide bonds. The number of carbonyl (C=O) groups is 1. The summed E-state index contributed by atoms with van der Waals surface area (Å²) in [6.45, 7) is 2.05. The highest BCUT2D eigenvalue weighted by Crippen LogP contribution is 2.29. The van der Waals surface area contributed by atoms with Crippen LogP contribution in [0.3, 0.4) is 0 Å². The number of thioether (sulfide) groups is 2. The van der Waals surface area contributed by atoms with Crippen molar-refractivity contribution in [3.8, 4) is 22.8 Å². The molecule has 0 atom stereocenters. The molecule has 4 aromatic rings. The molecule has 0 spiro atoms. The van der Waals surface area contributed by atoms with E-state index in [0.29, 0.717) is 11.0 Å². The van der Waals surface area contributed by atoms with Crippen LogP contribution in [0.1, 0.15) is 5.56 Å². The molecule has 1 aromatic heterocycles. The summed E-state index contributed by atoms with van der Waals surface area (Å²) in [4.78, 5) is 13.7. The van der Waals surface area contributed by atoms with Crippen molar-refractivity contribution in [3.63, 3.8) is 0 Å². The molecule has 0 radical (unpaired) electrons. The Morgan fingerprint density at radius 1 is 1.03 bits per heavy atom. The fourth-order valence-electron chi connectivity index (χ4n) is 3.25. The van der Waals surface area contributed by atoms with Gasteiger partial charge in [-0.1, -0.05) is 35.5 Å². The van der Waals surface area contributed by atoms with E-state index >= 15 is 0 Å². The maximum Gasteiger partial charge on any atom is 0.234 e. The molecule has 0 saturated heterocycles. The average molecular weight is 477 g/mol. The summed E-state index contributed by atoms with van der Waals surface area (Å²) in [5.74, 6) is 1.60. The number of amides is 1. The van der Waals surface area contributed by atoms with Crippen molar-refractivity contribution in [2.45, 2.75) is 17.0 Å². The maximum atomic E-state index is 12.6.